The van der Waals surface area contributed by atoms with E-state index >= 15 is 0 Å². The van der Waals surface area contributed by atoms with Crippen molar-refractivity contribution in [3.8, 4) is 5.82 Å². The monoisotopic (exact) mass is 439 g/mol. The standard InChI is InChI=1S/C21H22ClN7O2/c22-14-5-1-7-17-18(14)27(10-13-4-3-9-31-13)21(30)19-20(24-12-28(17)19)29-11-16(25-26-29)15-6-2-8-23-15/h1,5,7,11-13,15,23H,2-4,6,8-10H2. The van der Waals surface area contributed by atoms with Crippen LogP contribution in [0.2, 0.25) is 5.02 Å². The van der Waals surface area contributed by atoms with Crippen LogP contribution in [-0.2, 0) is 11.3 Å². The van der Waals surface area contributed by atoms with Gasteiger partial charge in [-0.05, 0) is 44.4 Å². The Morgan fingerprint density at radius 2 is 2.16 bits per heavy atom. The summed E-state index contributed by atoms with van der Waals surface area (Å²) >= 11 is 6.55. The summed E-state index contributed by atoms with van der Waals surface area (Å²) in [6.07, 6.45) is 7.58. The normalized spacial score (nSPS) is 21.6. The van der Waals surface area contributed by atoms with E-state index in [1.807, 2.05) is 18.3 Å². The van der Waals surface area contributed by atoms with Crippen LogP contribution >= 0.6 is 11.6 Å². The molecule has 0 spiro atoms. The van der Waals surface area contributed by atoms with Gasteiger partial charge in [-0.3, -0.25) is 9.20 Å². The number of benzene rings is 1. The van der Waals surface area contributed by atoms with E-state index in [4.69, 9.17) is 16.3 Å². The lowest BCUT2D eigenvalue weighted by atomic mass is 10.2. The number of halogens is 1. The molecule has 2 fully saturated rings. The van der Waals surface area contributed by atoms with Gasteiger partial charge in [0.25, 0.3) is 5.56 Å². The molecule has 31 heavy (non-hydrogen) atoms. The average molecular weight is 440 g/mol. The summed E-state index contributed by atoms with van der Waals surface area (Å²) in [7, 11) is 0. The maximum Gasteiger partial charge on any atom is 0.279 e. The Bertz CT molecular complexity index is 1330. The number of fused-ring (bicyclic) bond motifs is 3. The topological polar surface area (TPSA) is 91.3 Å². The highest BCUT2D eigenvalue weighted by Crippen LogP contribution is 2.27. The minimum atomic E-state index is -0.167. The van der Waals surface area contributed by atoms with Gasteiger partial charge in [-0.1, -0.05) is 22.9 Å². The van der Waals surface area contributed by atoms with Crippen LogP contribution in [0.5, 0.6) is 0 Å². The summed E-state index contributed by atoms with van der Waals surface area (Å²) < 4.78 is 10.9. The van der Waals surface area contributed by atoms with Gasteiger partial charge in [0.1, 0.15) is 12.0 Å². The molecule has 2 saturated heterocycles. The molecule has 0 saturated carbocycles. The Labute approximate surface area is 182 Å². The van der Waals surface area contributed by atoms with E-state index in [0.717, 1.165) is 50.0 Å². The number of nitrogens with zero attached hydrogens (tertiary/aromatic N) is 6. The van der Waals surface area contributed by atoms with Gasteiger partial charge in [-0.25, -0.2) is 4.98 Å². The molecule has 4 aromatic rings. The van der Waals surface area contributed by atoms with Crippen LogP contribution < -0.4 is 10.9 Å². The molecule has 10 heteroatoms. The molecule has 0 radical (unpaired) electrons. The lowest BCUT2D eigenvalue weighted by Crippen LogP contribution is -2.29. The van der Waals surface area contributed by atoms with Crippen LogP contribution in [0.3, 0.4) is 0 Å². The fourth-order valence-electron chi connectivity index (χ4n) is 4.73. The number of ether oxygens (including phenoxy) is 1. The van der Waals surface area contributed by atoms with Crippen LogP contribution in [-0.4, -0.2) is 48.2 Å². The second-order valence-corrected chi connectivity index (χ2v) is 8.59. The Morgan fingerprint density at radius 3 is 2.97 bits per heavy atom. The highest BCUT2D eigenvalue weighted by Gasteiger charge is 2.24. The van der Waals surface area contributed by atoms with Crippen LogP contribution in [0.4, 0.5) is 0 Å². The van der Waals surface area contributed by atoms with Crippen molar-refractivity contribution < 1.29 is 4.74 Å². The largest absolute Gasteiger partial charge is 0.376 e. The molecular formula is C21H22ClN7O2. The van der Waals surface area contributed by atoms with Crippen molar-refractivity contribution in [2.24, 2.45) is 0 Å². The van der Waals surface area contributed by atoms with Crippen LogP contribution in [0, 0.1) is 0 Å². The number of aromatic nitrogens is 6. The maximum atomic E-state index is 13.7. The van der Waals surface area contributed by atoms with Crippen molar-refractivity contribution in [3.05, 3.63) is 51.8 Å². The third-order valence-corrected chi connectivity index (χ3v) is 6.55. The predicted octanol–water partition coefficient (Wildman–Crippen LogP) is 2.49. The molecule has 0 amide bonds. The molecule has 6 rings (SSSR count). The van der Waals surface area contributed by atoms with Crippen molar-refractivity contribution in [2.75, 3.05) is 13.2 Å². The zero-order valence-corrected chi connectivity index (χ0v) is 17.6. The molecule has 2 unspecified atom stereocenters. The van der Waals surface area contributed by atoms with Gasteiger partial charge in [0.15, 0.2) is 11.3 Å². The Morgan fingerprint density at radius 1 is 1.23 bits per heavy atom. The van der Waals surface area contributed by atoms with Gasteiger partial charge < -0.3 is 14.6 Å². The molecule has 5 heterocycles. The second-order valence-electron chi connectivity index (χ2n) is 8.18. The Balaban J connectivity index is 1.55. The van der Waals surface area contributed by atoms with E-state index < -0.39 is 0 Å². The Hall–Kier alpha value is -2.75. The van der Waals surface area contributed by atoms with Gasteiger partial charge in [0.2, 0.25) is 0 Å². The molecule has 2 aliphatic heterocycles. The summed E-state index contributed by atoms with van der Waals surface area (Å²) in [5.74, 6) is 0.463. The number of hydrogen-bond donors (Lipinski definition) is 1. The van der Waals surface area contributed by atoms with E-state index in [1.165, 1.54) is 0 Å². The van der Waals surface area contributed by atoms with Gasteiger partial charge in [-0.2, -0.15) is 4.68 Å². The van der Waals surface area contributed by atoms with Crippen LogP contribution in [0.25, 0.3) is 22.4 Å². The first-order valence-corrected chi connectivity index (χ1v) is 11.0. The van der Waals surface area contributed by atoms with E-state index in [1.54, 1.807) is 26.0 Å². The second kappa shape index (κ2) is 7.44. The lowest BCUT2D eigenvalue weighted by molar-refractivity contribution is 0.0973. The van der Waals surface area contributed by atoms with E-state index in [9.17, 15) is 4.79 Å². The number of hydrogen-bond acceptors (Lipinski definition) is 6. The van der Waals surface area contributed by atoms with Gasteiger partial charge in [0, 0.05) is 6.61 Å². The first-order valence-electron chi connectivity index (χ1n) is 10.7. The molecular weight excluding hydrogens is 418 g/mol. The molecule has 9 nitrogen and oxygen atoms in total. The Kier molecular flexibility index (Phi) is 4.55. The van der Waals surface area contributed by atoms with Crippen molar-refractivity contribution in [2.45, 2.75) is 44.4 Å². The van der Waals surface area contributed by atoms with Crippen molar-refractivity contribution in [1.29, 1.82) is 0 Å². The molecule has 0 bridgehead atoms. The fraction of sp³-hybridized carbons (Fsp3) is 0.429. The van der Waals surface area contributed by atoms with Crippen molar-refractivity contribution in [1.82, 2.24) is 34.3 Å². The third kappa shape index (κ3) is 3.07. The van der Waals surface area contributed by atoms with Gasteiger partial charge in [-0.15, -0.1) is 5.10 Å². The molecule has 1 N–H and O–H groups in total. The van der Waals surface area contributed by atoms with E-state index in [2.05, 4.69) is 20.6 Å². The summed E-state index contributed by atoms with van der Waals surface area (Å²) in [5.41, 5.74) is 2.65. The smallest absolute Gasteiger partial charge is 0.279 e. The van der Waals surface area contributed by atoms with Crippen LogP contribution in [0.1, 0.15) is 37.4 Å². The van der Waals surface area contributed by atoms with Crippen molar-refractivity contribution in [3.63, 3.8) is 0 Å². The summed E-state index contributed by atoms with van der Waals surface area (Å²) in [6.45, 7) is 2.16. The molecule has 3 aromatic heterocycles. The quantitative estimate of drug-likeness (QED) is 0.525. The summed E-state index contributed by atoms with van der Waals surface area (Å²) in [6, 6.07) is 5.82. The summed E-state index contributed by atoms with van der Waals surface area (Å²) in [4.78, 5) is 18.2. The van der Waals surface area contributed by atoms with Gasteiger partial charge >= 0.3 is 0 Å². The zero-order chi connectivity index (χ0) is 20.9. The minimum Gasteiger partial charge on any atom is -0.376 e. The molecule has 160 valence electrons. The highest BCUT2D eigenvalue weighted by atomic mass is 35.5. The van der Waals surface area contributed by atoms with E-state index in [0.29, 0.717) is 28.4 Å². The molecule has 0 aliphatic carbocycles. The lowest BCUT2D eigenvalue weighted by Gasteiger charge is -2.17. The third-order valence-electron chi connectivity index (χ3n) is 6.25. The zero-order valence-electron chi connectivity index (χ0n) is 16.9. The average Bonchev–Trinajstić information content (AvgIpc) is 3.56. The molecule has 2 aliphatic rings. The minimum absolute atomic E-state index is 0.00240. The highest BCUT2D eigenvalue weighted by molar-refractivity contribution is 6.35. The fourth-order valence-corrected chi connectivity index (χ4v) is 5.00. The number of rotatable bonds is 4. The SMILES string of the molecule is O=c1c2c(-n3cc(C4CCCN4)nn3)ncn2c2cccc(Cl)c2n1CC1CCCO1. The van der Waals surface area contributed by atoms with Gasteiger partial charge in [0.05, 0.1) is 40.9 Å². The van der Waals surface area contributed by atoms with E-state index in [-0.39, 0.29) is 17.7 Å². The number of nitrogens with one attached hydrogen (secondary N) is 1. The maximum absolute atomic E-state index is 13.7. The molecule has 2 atom stereocenters. The van der Waals surface area contributed by atoms with Crippen LogP contribution in [0.15, 0.2) is 35.5 Å². The summed E-state index contributed by atoms with van der Waals surface area (Å²) in [5, 5.41) is 12.6. The number of para-hydroxylation sites is 1. The predicted molar refractivity (Wildman–Crippen MR) is 116 cm³/mol. The molecule has 1 aromatic carbocycles. The van der Waals surface area contributed by atoms with Crippen molar-refractivity contribution >= 4 is 28.2 Å². The first kappa shape index (κ1) is 19.0. The first-order chi connectivity index (χ1) is 15.2. The number of imidazole rings is 1.